The van der Waals surface area contributed by atoms with E-state index in [1.165, 1.54) is 127 Å². The van der Waals surface area contributed by atoms with Crippen LogP contribution in [0.2, 0.25) is 0 Å². The van der Waals surface area contributed by atoms with Crippen molar-refractivity contribution in [3.63, 3.8) is 0 Å². The minimum Gasteiger partial charge on any atom is -0.726 e. The molecule has 0 bridgehead atoms. The van der Waals surface area contributed by atoms with E-state index in [4.69, 9.17) is 0 Å². The monoisotopic (exact) mass is 507 g/mol. The molecular weight excluding hydrogens is 446 g/mol. The third-order valence-corrected chi connectivity index (χ3v) is 7.15. The molecule has 0 heterocycles. The molecule has 0 unspecified atom stereocenters. The van der Waals surface area contributed by atoms with E-state index in [0.717, 1.165) is 12.8 Å². The molecule has 0 saturated carbocycles. The Balaban J connectivity index is 0. The molecule has 0 aliphatic carbocycles. The average Bonchev–Trinajstić information content (AvgIpc) is 2.78. The lowest BCUT2D eigenvalue weighted by molar-refractivity contribution is -0.888. The highest BCUT2D eigenvalue weighted by atomic mass is 32.3. The van der Waals surface area contributed by atoms with Crippen LogP contribution in [-0.4, -0.2) is 51.2 Å². The first-order valence-electron chi connectivity index (χ1n) is 14.6. The van der Waals surface area contributed by atoms with E-state index in [2.05, 4.69) is 39.0 Å². The van der Waals surface area contributed by atoms with Gasteiger partial charge in [0.1, 0.15) is 0 Å². The first-order valence-corrected chi connectivity index (χ1v) is 15.9. The van der Waals surface area contributed by atoms with E-state index in [-0.39, 0.29) is 6.61 Å². The molecule has 0 spiro atoms. The van der Waals surface area contributed by atoms with Crippen molar-refractivity contribution < 1.29 is 21.6 Å². The van der Waals surface area contributed by atoms with Crippen molar-refractivity contribution in [1.29, 1.82) is 0 Å². The Kier molecular flexibility index (Phi) is 27.4. The van der Waals surface area contributed by atoms with Crippen LogP contribution in [0, 0.1) is 0 Å². The molecule has 0 aromatic rings. The first-order chi connectivity index (χ1) is 16.2. The third-order valence-electron chi connectivity index (χ3n) is 6.70. The molecule has 0 rings (SSSR count). The summed E-state index contributed by atoms with van der Waals surface area (Å²) in [5.41, 5.74) is 0. The van der Waals surface area contributed by atoms with E-state index in [9.17, 15) is 13.0 Å². The molecule has 0 aliphatic rings. The predicted octanol–water partition coefficient (Wildman–Crippen LogP) is 8.39. The molecular formula is C28H61NO4S. The van der Waals surface area contributed by atoms with E-state index in [1.54, 1.807) is 0 Å². The Morgan fingerprint density at radius 3 is 1.21 bits per heavy atom. The van der Waals surface area contributed by atoms with Crippen LogP contribution in [0.15, 0.2) is 0 Å². The molecule has 6 heteroatoms. The summed E-state index contributed by atoms with van der Waals surface area (Å²) in [5.74, 6) is 0. The number of hydrogen-bond donors (Lipinski definition) is 0. The molecule has 0 atom stereocenters. The quantitative estimate of drug-likeness (QED) is 0.0569. The van der Waals surface area contributed by atoms with E-state index in [1.807, 2.05) is 0 Å². The van der Waals surface area contributed by atoms with Crippen molar-refractivity contribution in [3.8, 4) is 0 Å². The SMILES string of the molecule is CCCCCCCCCCCCOS(=O)(=O)[O-].CCCCCCCCCCCC[N+](C)(C)CC. The van der Waals surface area contributed by atoms with Crippen LogP contribution in [-0.2, 0) is 14.6 Å². The summed E-state index contributed by atoms with van der Waals surface area (Å²) in [7, 11) is 0.198. The number of rotatable bonds is 24. The lowest BCUT2D eigenvalue weighted by Crippen LogP contribution is -2.39. The Labute approximate surface area is 215 Å². The van der Waals surface area contributed by atoms with Gasteiger partial charge in [0.05, 0.1) is 33.8 Å². The van der Waals surface area contributed by atoms with Crippen molar-refractivity contribution in [2.45, 2.75) is 149 Å². The van der Waals surface area contributed by atoms with Gasteiger partial charge in [-0.1, -0.05) is 123 Å². The maximum Gasteiger partial charge on any atom is 0.217 e. The summed E-state index contributed by atoms with van der Waals surface area (Å²) in [6, 6.07) is 0. The van der Waals surface area contributed by atoms with Gasteiger partial charge in [-0.15, -0.1) is 0 Å². The number of nitrogens with zero attached hydrogens (tertiary/aromatic N) is 1. The predicted molar refractivity (Wildman–Crippen MR) is 147 cm³/mol. The van der Waals surface area contributed by atoms with Crippen molar-refractivity contribution in [2.75, 3.05) is 33.8 Å². The summed E-state index contributed by atoms with van der Waals surface area (Å²) in [6.07, 6.45) is 26.1. The highest BCUT2D eigenvalue weighted by Gasteiger charge is 2.09. The summed E-state index contributed by atoms with van der Waals surface area (Å²) in [5, 5.41) is 0. The van der Waals surface area contributed by atoms with Gasteiger partial charge in [-0.2, -0.15) is 0 Å². The standard InChI is InChI=1S/C16H36N.C12H26O4S/c1-5-7-8-9-10-11-12-13-14-15-16-17(3,4)6-2;1-2-3-4-5-6-7-8-9-10-11-12-16-17(13,14)15/h5-16H2,1-4H3;2-12H2,1H3,(H,13,14,15)/q+1;/p-1. The fourth-order valence-corrected chi connectivity index (χ4v) is 4.26. The zero-order valence-electron chi connectivity index (χ0n) is 23.8. The molecule has 5 nitrogen and oxygen atoms in total. The normalized spacial score (nSPS) is 11.9. The molecule has 0 amide bonds. The van der Waals surface area contributed by atoms with E-state index < -0.39 is 10.4 Å². The summed E-state index contributed by atoms with van der Waals surface area (Å²) in [4.78, 5) is 0. The molecule has 0 radical (unpaired) electrons. The van der Waals surface area contributed by atoms with Gasteiger partial charge < -0.3 is 9.04 Å². The van der Waals surface area contributed by atoms with Crippen LogP contribution in [0.5, 0.6) is 0 Å². The van der Waals surface area contributed by atoms with Crippen molar-refractivity contribution in [1.82, 2.24) is 0 Å². The van der Waals surface area contributed by atoms with Crippen molar-refractivity contribution in [2.24, 2.45) is 0 Å². The number of hydrogen-bond acceptors (Lipinski definition) is 4. The maximum absolute atomic E-state index is 10.1. The van der Waals surface area contributed by atoms with E-state index in [0.29, 0.717) is 6.42 Å². The Morgan fingerprint density at radius 2 is 0.882 bits per heavy atom. The minimum atomic E-state index is -4.48. The molecule has 0 saturated heterocycles. The van der Waals surface area contributed by atoms with Crippen LogP contribution in [0.1, 0.15) is 149 Å². The van der Waals surface area contributed by atoms with Gasteiger partial charge in [0, 0.05) is 0 Å². The third kappa shape index (κ3) is 34.0. The second kappa shape index (κ2) is 25.9. The second-order valence-electron chi connectivity index (χ2n) is 10.6. The summed E-state index contributed by atoms with van der Waals surface area (Å²) < 4.78 is 35.7. The Bertz CT molecular complexity index is 495. The lowest BCUT2D eigenvalue weighted by atomic mass is 10.1. The second-order valence-corrected chi connectivity index (χ2v) is 11.6. The molecule has 208 valence electrons. The van der Waals surface area contributed by atoms with Gasteiger partial charge in [-0.05, 0) is 26.2 Å². The van der Waals surface area contributed by atoms with E-state index >= 15 is 0 Å². The van der Waals surface area contributed by atoms with Crippen LogP contribution in [0.3, 0.4) is 0 Å². The summed E-state index contributed by atoms with van der Waals surface area (Å²) >= 11 is 0. The molecule has 34 heavy (non-hydrogen) atoms. The smallest absolute Gasteiger partial charge is 0.217 e. The van der Waals surface area contributed by atoms with Crippen LogP contribution in [0.4, 0.5) is 0 Å². The van der Waals surface area contributed by atoms with Gasteiger partial charge in [0.15, 0.2) is 0 Å². The van der Waals surface area contributed by atoms with Crippen LogP contribution in [0.25, 0.3) is 0 Å². The van der Waals surface area contributed by atoms with Crippen molar-refractivity contribution >= 4 is 10.4 Å². The molecule has 0 fully saturated rings. The largest absolute Gasteiger partial charge is 0.726 e. The fourth-order valence-electron chi connectivity index (χ4n) is 3.94. The molecule has 0 N–H and O–H groups in total. The molecule has 0 aromatic heterocycles. The number of unbranched alkanes of at least 4 members (excludes halogenated alkanes) is 18. The van der Waals surface area contributed by atoms with Crippen LogP contribution < -0.4 is 0 Å². The average molecular weight is 508 g/mol. The van der Waals surface area contributed by atoms with Crippen LogP contribution >= 0.6 is 0 Å². The van der Waals surface area contributed by atoms with Gasteiger partial charge >= 0.3 is 0 Å². The van der Waals surface area contributed by atoms with Gasteiger partial charge in [-0.3, -0.25) is 4.18 Å². The highest BCUT2D eigenvalue weighted by Crippen LogP contribution is 2.12. The fraction of sp³-hybridized carbons (Fsp3) is 1.00. The van der Waals surface area contributed by atoms with Gasteiger partial charge in [0.25, 0.3) is 0 Å². The molecule has 0 aliphatic heterocycles. The zero-order valence-corrected chi connectivity index (χ0v) is 24.6. The number of quaternary nitrogens is 1. The first kappa shape index (κ1) is 36.0. The maximum atomic E-state index is 10.1. The molecule has 0 aromatic carbocycles. The topological polar surface area (TPSA) is 66.4 Å². The lowest BCUT2D eigenvalue weighted by Gasteiger charge is -2.28. The van der Waals surface area contributed by atoms with Gasteiger partial charge in [0.2, 0.25) is 10.4 Å². The van der Waals surface area contributed by atoms with Gasteiger partial charge in [-0.25, -0.2) is 8.42 Å². The zero-order chi connectivity index (χ0) is 26.0. The summed E-state index contributed by atoms with van der Waals surface area (Å²) in [6.45, 7) is 9.43. The van der Waals surface area contributed by atoms with Crippen molar-refractivity contribution in [3.05, 3.63) is 0 Å². The Hall–Kier alpha value is -0.170. The Morgan fingerprint density at radius 1 is 0.559 bits per heavy atom. The minimum absolute atomic E-state index is 0.0301. The highest BCUT2D eigenvalue weighted by molar-refractivity contribution is 7.80.